The summed E-state index contributed by atoms with van der Waals surface area (Å²) in [5.41, 5.74) is 8.01. The maximum absolute atomic E-state index is 11.6. The molecule has 0 atom stereocenters. The van der Waals surface area contributed by atoms with Gasteiger partial charge in [-0.2, -0.15) is 0 Å². The van der Waals surface area contributed by atoms with Crippen molar-refractivity contribution in [1.82, 2.24) is 0 Å². The van der Waals surface area contributed by atoms with E-state index in [0.29, 0.717) is 33.7 Å². The summed E-state index contributed by atoms with van der Waals surface area (Å²) in [4.78, 5) is 11.6. The number of fused-ring (bicyclic) bond motifs is 1. The number of aryl methyl sites for hydroxylation is 1. The van der Waals surface area contributed by atoms with E-state index in [9.17, 15) is 4.79 Å². The molecule has 0 radical (unpaired) electrons. The summed E-state index contributed by atoms with van der Waals surface area (Å²) in [5.74, 6) is 1.02. The molecule has 6 heteroatoms. The number of nitrogens with two attached hydrogens (primary N) is 1. The lowest BCUT2D eigenvalue weighted by Gasteiger charge is -2.13. The second-order valence-electron chi connectivity index (χ2n) is 5.14. The number of anilines is 2. The summed E-state index contributed by atoms with van der Waals surface area (Å²) in [5, 5.41) is 3.59. The van der Waals surface area contributed by atoms with Crippen LogP contribution in [0.1, 0.15) is 18.4 Å². The van der Waals surface area contributed by atoms with E-state index in [0.717, 1.165) is 24.1 Å². The van der Waals surface area contributed by atoms with E-state index < -0.39 is 0 Å². The molecule has 0 bridgehead atoms. The van der Waals surface area contributed by atoms with Crippen LogP contribution in [0.2, 0.25) is 10.0 Å². The highest BCUT2D eigenvalue weighted by Crippen LogP contribution is 2.39. The summed E-state index contributed by atoms with van der Waals surface area (Å²) < 4.78 is 5.80. The van der Waals surface area contributed by atoms with Gasteiger partial charge in [0.1, 0.15) is 5.75 Å². The number of nitrogen functional groups attached to an aromatic ring is 1. The number of carbonyl (C=O) groups is 1. The third-order valence-corrected chi connectivity index (χ3v) is 4.00. The number of hydrogen-bond acceptors (Lipinski definition) is 3. The van der Waals surface area contributed by atoms with E-state index in [2.05, 4.69) is 5.32 Å². The largest absolute Gasteiger partial charge is 0.454 e. The highest BCUT2D eigenvalue weighted by atomic mass is 35.5. The molecule has 22 heavy (non-hydrogen) atoms. The van der Waals surface area contributed by atoms with E-state index in [1.807, 2.05) is 12.1 Å². The van der Waals surface area contributed by atoms with Crippen molar-refractivity contribution < 1.29 is 9.53 Å². The molecule has 0 spiro atoms. The van der Waals surface area contributed by atoms with Crippen molar-refractivity contribution in [3.05, 3.63) is 45.9 Å². The lowest BCUT2D eigenvalue weighted by Crippen LogP contribution is -2.09. The van der Waals surface area contributed by atoms with Crippen molar-refractivity contribution in [3.8, 4) is 11.5 Å². The molecule has 1 aliphatic heterocycles. The van der Waals surface area contributed by atoms with Crippen molar-refractivity contribution in [3.63, 3.8) is 0 Å². The molecular formula is C16H14Cl2N2O2. The molecule has 0 saturated heterocycles. The van der Waals surface area contributed by atoms with Gasteiger partial charge in [0, 0.05) is 17.8 Å². The van der Waals surface area contributed by atoms with Crippen molar-refractivity contribution >= 4 is 40.5 Å². The molecule has 114 valence electrons. The van der Waals surface area contributed by atoms with Gasteiger partial charge >= 0.3 is 0 Å². The van der Waals surface area contributed by atoms with Crippen LogP contribution in [0.3, 0.4) is 0 Å². The van der Waals surface area contributed by atoms with Crippen LogP contribution in [0.25, 0.3) is 0 Å². The Hall–Kier alpha value is -1.91. The third-order valence-electron chi connectivity index (χ3n) is 3.44. The summed E-state index contributed by atoms with van der Waals surface area (Å²) in [6.45, 7) is 0. The molecule has 3 N–H and O–H groups in total. The first-order valence-corrected chi connectivity index (χ1v) is 7.63. The smallest absolute Gasteiger partial charge is 0.224 e. The predicted molar refractivity (Wildman–Crippen MR) is 89.0 cm³/mol. The van der Waals surface area contributed by atoms with E-state index in [-0.39, 0.29) is 5.91 Å². The zero-order chi connectivity index (χ0) is 15.7. The fourth-order valence-electron chi connectivity index (χ4n) is 2.41. The molecule has 0 saturated carbocycles. The standard InChI is InChI=1S/C16H14Cl2N2O2/c17-12-7-10(19)8-13(18)16(12)22-11-4-5-14-9(6-11)2-1-3-15(21)20-14/h4-8H,1-3,19H2,(H,20,21). The Bertz CT molecular complexity index is 724. The average molecular weight is 337 g/mol. The zero-order valence-corrected chi connectivity index (χ0v) is 13.2. The Kier molecular flexibility index (Phi) is 4.14. The molecule has 0 aromatic heterocycles. The molecule has 2 aromatic rings. The van der Waals surface area contributed by atoms with Gasteiger partial charge < -0.3 is 15.8 Å². The highest BCUT2D eigenvalue weighted by Gasteiger charge is 2.15. The van der Waals surface area contributed by atoms with Crippen LogP contribution in [0.5, 0.6) is 11.5 Å². The normalized spacial score (nSPS) is 14.0. The number of ether oxygens (including phenoxy) is 1. The van der Waals surface area contributed by atoms with Crippen LogP contribution in [0.15, 0.2) is 30.3 Å². The van der Waals surface area contributed by atoms with Crippen molar-refractivity contribution in [2.45, 2.75) is 19.3 Å². The predicted octanol–water partition coefficient (Wildman–Crippen LogP) is 4.64. The maximum atomic E-state index is 11.6. The van der Waals surface area contributed by atoms with Crippen LogP contribution in [0.4, 0.5) is 11.4 Å². The van der Waals surface area contributed by atoms with Crippen molar-refractivity contribution in [1.29, 1.82) is 0 Å². The quantitative estimate of drug-likeness (QED) is 0.785. The van der Waals surface area contributed by atoms with E-state index in [1.54, 1.807) is 18.2 Å². The molecule has 1 amide bonds. The Morgan fingerprint density at radius 3 is 2.55 bits per heavy atom. The molecule has 1 aliphatic rings. The molecule has 0 unspecified atom stereocenters. The van der Waals surface area contributed by atoms with Gasteiger partial charge in [0.2, 0.25) is 5.91 Å². The Morgan fingerprint density at radius 2 is 1.82 bits per heavy atom. The lowest BCUT2D eigenvalue weighted by molar-refractivity contribution is -0.116. The van der Waals surface area contributed by atoms with E-state index >= 15 is 0 Å². The van der Waals surface area contributed by atoms with Crippen molar-refractivity contribution in [2.75, 3.05) is 11.1 Å². The summed E-state index contributed by atoms with van der Waals surface area (Å²) in [6, 6.07) is 8.67. The SMILES string of the molecule is Nc1cc(Cl)c(Oc2ccc3c(c2)CCCC(=O)N3)c(Cl)c1. The molecule has 3 rings (SSSR count). The number of carbonyl (C=O) groups excluding carboxylic acids is 1. The maximum Gasteiger partial charge on any atom is 0.224 e. The number of benzene rings is 2. The van der Waals surface area contributed by atoms with Crippen LogP contribution in [0, 0.1) is 0 Å². The number of halogens is 2. The van der Waals surface area contributed by atoms with E-state index in [4.69, 9.17) is 33.7 Å². The van der Waals surface area contributed by atoms with Crippen molar-refractivity contribution in [2.24, 2.45) is 0 Å². The number of amides is 1. The van der Waals surface area contributed by atoms with Gasteiger partial charge in [-0.1, -0.05) is 23.2 Å². The number of nitrogens with one attached hydrogen (secondary N) is 1. The van der Waals surface area contributed by atoms with Crippen LogP contribution < -0.4 is 15.8 Å². The first-order chi connectivity index (χ1) is 10.5. The van der Waals surface area contributed by atoms with Gasteiger partial charge in [-0.3, -0.25) is 4.79 Å². The Labute approximate surface area is 138 Å². The monoisotopic (exact) mass is 336 g/mol. The van der Waals surface area contributed by atoms with Gasteiger partial charge in [0.15, 0.2) is 5.75 Å². The second kappa shape index (κ2) is 6.07. The minimum absolute atomic E-state index is 0.0389. The first kappa shape index (κ1) is 15.0. The summed E-state index contributed by atoms with van der Waals surface area (Å²) >= 11 is 12.3. The summed E-state index contributed by atoms with van der Waals surface area (Å²) in [7, 11) is 0. The Morgan fingerprint density at radius 1 is 1.09 bits per heavy atom. The number of hydrogen-bond donors (Lipinski definition) is 2. The van der Waals surface area contributed by atoms with Gasteiger partial charge in [-0.15, -0.1) is 0 Å². The lowest BCUT2D eigenvalue weighted by atomic mass is 10.1. The fourth-order valence-corrected chi connectivity index (χ4v) is 2.99. The van der Waals surface area contributed by atoms with Crippen LogP contribution in [-0.4, -0.2) is 5.91 Å². The van der Waals surface area contributed by atoms with Gasteiger partial charge in [-0.25, -0.2) is 0 Å². The van der Waals surface area contributed by atoms with Gasteiger partial charge in [-0.05, 0) is 48.7 Å². The van der Waals surface area contributed by atoms with Crippen LogP contribution in [-0.2, 0) is 11.2 Å². The molecule has 1 heterocycles. The highest BCUT2D eigenvalue weighted by molar-refractivity contribution is 6.37. The minimum atomic E-state index is 0.0389. The van der Waals surface area contributed by atoms with E-state index in [1.165, 1.54) is 0 Å². The third kappa shape index (κ3) is 3.13. The summed E-state index contributed by atoms with van der Waals surface area (Å²) in [6.07, 6.45) is 2.15. The molecule has 0 aliphatic carbocycles. The molecular weight excluding hydrogens is 323 g/mol. The average Bonchev–Trinajstić information content (AvgIpc) is 2.63. The first-order valence-electron chi connectivity index (χ1n) is 6.88. The van der Waals surface area contributed by atoms with Gasteiger partial charge in [0.05, 0.1) is 10.0 Å². The minimum Gasteiger partial charge on any atom is -0.454 e. The topological polar surface area (TPSA) is 64.3 Å². The molecule has 0 fully saturated rings. The fraction of sp³-hybridized carbons (Fsp3) is 0.188. The second-order valence-corrected chi connectivity index (χ2v) is 5.95. The number of rotatable bonds is 2. The van der Waals surface area contributed by atoms with Crippen LogP contribution >= 0.6 is 23.2 Å². The molecule has 4 nitrogen and oxygen atoms in total. The zero-order valence-electron chi connectivity index (χ0n) is 11.7. The van der Waals surface area contributed by atoms with Gasteiger partial charge in [0.25, 0.3) is 0 Å². The Balaban J connectivity index is 1.91. The molecule has 2 aromatic carbocycles.